The molecule has 0 aliphatic rings. The van der Waals surface area contributed by atoms with Gasteiger partial charge in [-0.05, 0) is 28.8 Å². The van der Waals surface area contributed by atoms with Crippen LogP contribution >= 0.6 is 11.6 Å². The predicted molar refractivity (Wildman–Crippen MR) is 115 cm³/mol. The summed E-state index contributed by atoms with van der Waals surface area (Å²) in [5.41, 5.74) is 2.56. The van der Waals surface area contributed by atoms with Gasteiger partial charge < -0.3 is 14.8 Å². The highest BCUT2D eigenvalue weighted by Crippen LogP contribution is 2.12. The number of nitrogens with one attached hydrogen (secondary N) is 1. The lowest BCUT2D eigenvalue weighted by Gasteiger charge is -2.18. The number of hydrogen-bond donors (Lipinski definition) is 1. The molecule has 0 aliphatic carbocycles. The fourth-order valence-corrected chi connectivity index (χ4v) is 2.91. The second-order valence-corrected chi connectivity index (χ2v) is 7.12. The molecular formula is C24H22ClNO4. The van der Waals surface area contributed by atoms with Crippen LogP contribution in [0.25, 0.3) is 0 Å². The lowest BCUT2D eigenvalue weighted by Crippen LogP contribution is -2.43. The SMILES string of the molecule is O=C(N[C@@H](Cc1ccccc1)C(=O)OCc1ccc(Cl)cc1)OCc1ccccc1. The zero-order valence-corrected chi connectivity index (χ0v) is 17.0. The summed E-state index contributed by atoms with van der Waals surface area (Å²) in [6, 6.07) is 24.9. The van der Waals surface area contributed by atoms with Gasteiger partial charge in [0, 0.05) is 11.4 Å². The van der Waals surface area contributed by atoms with Crippen molar-refractivity contribution in [2.75, 3.05) is 0 Å². The largest absolute Gasteiger partial charge is 0.459 e. The van der Waals surface area contributed by atoms with Gasteiger partial charge >= 0.3 is 12.1 Å². The van der Waals surface area contributed by atoms with Crippen molar-refractivity contribution in [3.63, 3.8) is 0 Å². The normalized spacial score (nSPS) is 11.4. The summed E-state index contributed by atoms with van der Waals surface area (Å²) in [5.74, 6) is -0.537. The molecule has 6 heteroatoms. The molecular weight excluding hydrogens is 402 g/mol. The van der Waals surface area contributed by atoms with Crippen LogP contribution in [-0.4, -0.2) is 18.1 Å². The molecule has 0 aromatic heterocycles. The fourth-order valence-electron chi connectivity index (χ4n) is 2.79. The lowest BCUT2D eigenvalue weighted by atomic mass is 10.1. The van der Waals surface area contributed by atoms with Crippen LogP contribution in [0.4, 0.5) is 4.79 Å². The van der Waals surface area contributed by atoms with Gasteiger partial charge in [-0.3, -0.25) is 0 Å². The molecule has 1 N–H and O–H groups in total. The number of esters is 1. The first-order chi connectivity index (χ1) is 14.6. The second kappa shape index (κ2) is 11.0. The Morgan fingerprint density at radius 1 is 0.733 bits per heavy atom. The average Bonchev–Trinajstić information content (AvgIpc) is 2.78. The van der Waals surface area contributed by atoms with Gasteiger partial charge in [-0.15, -0.1) is 0 Å². The van der Waals surface area contributed by atoms with Crippen LogP contribution in [0.3, 0.4) is 0 Å². The van der Waals surface area contributed by atoms with Crippen molar-refractivity contribution in [2.45, 2.75) is 25.7 Å². The molecule has 1 atom stereocenters. The van der Waals surface area contributed by atoms with E-state index in [1.165, 1.54) is 0 Å². The third-order valence-electron chi connectivity index (χ3n) is 4.37. The van der Waals surface area contributed by atoms with Gasteiger partial charge in [-0.25, -0.2) is 9.59 Å². The monoisotopic (exact) mass is 423 g/mol. The topological polar surface area (TPSA) is 64.6 Å². The third kappa shape index (κ3) is 6.94. The van der Waals surface area contributed by atoms with E-state index in [2.05, 4.69) is 5.32 Å². The highest BCUT2D eigenvalue weighted by Gasteiger charge is 2.23. The third-order valence-corrected chi connectivity index (χ3v) is 4.62. The van der Waals surface area contributed by atoms with Gasteiger partial charge in [0.15, 0.2) is 0 Å². The molecule has 0 unspecified atom stereocenters. The Morgan fingerprint density at radius 3 is 1.90 bits per heavy atom. The zero-order chi connectivity index (χ0) is 21.2. The number of carbonyl (C=O) groups is 2. The summed E-state index contributed by atoms with van der Waals surface area (Å²) < 4.78 is 10.7. The van der Waals surface area contributed by atoms with E-state index < -0.39 is 18.1 Å². The van der Waals surface area contributed by atoms with Gasteiger partial charge in [0.25, 0.3) is 0 Å². The second-order valence-electron chi connectivity index (χ2n) is 6.68. The van der Waals surface area contributed by atoms with Crippen molar-refractivity contribution in [1.82, 2.24) is 5.32 Å². The number of amides is 1. The molecule has 3 aromatic rings. The fraction of sp³-hybridized carbons (Fsp3) is 0.167. The van der Waals surface area contributed by atoms with Crippen LogP contribution in [0.2, 0.25) is 5.02 Å². The summed E-state index contributed by atoms with van der Waals surface area (Å²) in [4.78, 5) is 25.0. The summed E-state index contributed by atoms with van der Waals surface area (Å²) in [6.07, 6.45) is -0.385. The predicted octanol–water partition coefficient (Wildman–Crippen LogP) is 4.92. The van der Waals surface area contributed by atoms with Crippen molar-refractivity contribution in [2.24, 2.45) is 0 Å². The minimum absolute atomic E-state index is 0.0854. The highest BCUT2D eigenvalue weighted by molar-refractivity contribution is 6.30. The Hall–Kier alpha value is -3.31. The van der Waals surface area contributed by atoms with E-state index in [9.17, 15) is 9.59 Å². The van der Waals surface area contributed by atoms with Crippen LogP contribution in [0.1, 0.15) is 16.7 Å². The Kier molecular flexibility index (Phi) is 7.86. The first-order valence-electron chi connectivity index (χ1n) is 9.52. The number of alkyl carbamates (subject to hydrolysis) is 1. The maximum Gasteiger partial charge on any atom is 0.408 e. The minimum atomic E-state index is -0.872. The molecule has 0 saturated heterocycles. The van der Waals surface area contributed by atoms with Crippen LogP contribution < -0.4 is 5.32 Å². The molecule has 0 saturated carbocycles. The first-order valence-corrected chi connectivity index (χ1v) is 9.90. The van der Waals surface area contributed by atoms with Crippen LogP contribution in [0.15, 0.2) is 84.9 Å². The lowest BCUT2D eigenvalue weighted by molar-refractivity contribution is -0.147. The van der Waals surface area contributed by atoms with E-state index in [1.807, 2.05) is 60.7 Å². The van der Waals surface area contributed by atoms with Gasteiger partial charge in [0.05, 0.1) is 0 Å². The average molecular weight is 424 g/mol. The zero-order valence-electron chi connectivity index (χ0n) is 16.3. The molecule has 1 amide bonds. The molecule has 0 heterocycles. The Labute approximate surface area is 180 Å². The Bertz CT molecular complexity index is 946. The van der Waals surface area contributed by atoms with Crippen molar-refractivity contribution in [3.05, 3.63) is 107 Å². The van der Waals surface area contributed by atoms with E-state index in [4.69, 9.17) is 21.1 Å². The smallest absolute Gasteiger partial charge is 0.408 e. The van der Waals surface area contributed by atoms with Gasteiger partial charge in [0.2, 0.25) is 0 Å². The number of ether oxygens (including phenoxy) is 2. The summed E-state index contributed by atoms with van der Waals surface area (Å²) >= 11 is 5.88. The standard InChI is InChI=1S/C24H22ClNO4/c25-21-13-11-20(12-14-21)16-29-23(27)22(15-18-7-3-1-4-8-18)26-24(28)30-17-19-9-5-2-6-10-19/h1-14,22H,15-17H2,(H,26,28)/t22-/m0/s1. The molecule has 0 spiro atoms. The van der Waals surface area contributed by atoms with Gasteiger partial charge in [-0.2, -0.15) is 0 Å². The molecule has 0 aliphatic heterocycles. The molecule has 154 valence electrons. The van der Waals surface area contributed by atoms with Crippen molar-refractivity contribution >= 4 is 23.7 Å². The molecule has 0 radical (unpaired) electrons. The number of halogens is 1. The summed E-state index contributed by atoms with van der Waals surface area (Å²) in [5, 5.41) is 3.23. The highest BCUT2D eigenvalue weighted by atomic mass is 35.5. The van der Waals surface area contributed by atoms with Crippen LogP contribution in [-0.2, 0) is 33.9 Å². The molecule has 5 nitrogen and oxygen atoms in total. The first kappa shape index (κ1) is 21.4. The minimum Gasteiger partial charge on any atom is -0.459 e. The molecule has 3 aromatic carbocycles. The maximum atomic E-state index is 12.7. The molecule has 0 fully saturated rings. The summed E-state index contributed by atoms with van der Waals surface area (Å²) in [7, 11) is 0. The molecule has 30 heavy (non-hydrogen) atoms. The van der Waals surface area contributed by atoms with E-state index >= 15 is 0 Å². The van der Waals surface area contributed by atoms with Crippen LogP contribution in [0.5, 0.6) is 0 Å². The van der Waals surface area contributed by atoms with E-state index in [0.29, 0.717) is 11.4 Å². The van der Waals surface area contributed by atoms with Crippen molar-refractivity contribution < 1.29 is 19.1 Å². The molecule has 0 bridgehead atoms. The summed E-state index contributed by atoms with van der Waals surface area (Å²) in [6.45, 7) is 0.201. The van der Waals surface area contributed by atoms with E-state index in [0.717, 1.165) is 16.7 Å². The molecule has 3 rings (SSSR count). The van der Waals surface area contributed by atoms with Crippen LogP contribution in [0, 0.1) is 0 Å². The van der Waals surface area contributed by atoms with Crippen molar-refractivity contribution in [3.8, 4) is 0 Å². The quantitative estimate of drug-likeness (QED) is 0.522. The maximum absolute atomic E-state index is 12.7. The van der Waals surface area contributed by atoms with E-state index in [-0.39, 0.29) is 13.2 Å². The number of carbonyl (C=O) groups excluding carboxylic acids is 2. The Morgan fingerprint density at radius 2 is 1.27 bits per heavy atom. The van der Waals surface area contributed by atoms with Gasteiger partial charge in [0.1, 0.15) is 19.3 Å². The van der Waals surface area contributed by atoms with Gasteiger partial charge in [-0.1, -0.05) is 84.4 Å². The Balaban J connectivity index is 1.60. The number of benzene rings is 3. The number of hydrogen-bond acceptors (Lipinski definition) is 4. The van der Waals surface area contributed by atoms with Crippen molar-refractivity contribution in [1.29, 1.82) is 0 Å². The van der Waals surface area contributed by atoms with E-state index in [1.54, 1.807) is 24.3 Å². The number of rotatable bonds is 8.